The summed E-state index contributed by atoms with van der Waals surface area (Å²) in [4.78, 5) is 25.2. The maximum atomic E-state index is 12.3. The zero-order chi connectivity index (χ0) is 18.2. The van der Waals surface area contributed by atoms with Gasteiger partial charge in [0.05, 0.1) is 0 Å². The molecule has 6 nitrogen and oxygen atoms in total. The Bertz CT molecular complexity index is 702. The van der Waals surface area contributed by atoms with Crippen LogP contribution in [-0.2, 0) is 0 Å². The van der Waals surface area contributed by atoms with Gasteiger partial charge in [0.1, 0.15) is 5.69 Å². The number of amides is 1. The van der Waals surface area contributed by atoms with Crippen molar-refractivity contribution < 1.29 is 4.79 Å². The monoisotopic (exact) mass is 341 g/mol. The molecule has 0 bridgehead atoms. The van der Waals surface area contributed by atoms with Gasteiger partial charge in [-0.15, -0.1) is 0 Å². The van der Waals surface area contributed by atoms with Crippen LogP contribution < -0.4 is 10.2 Å². The van der Waals surface area contributed by atoms with Crippen molar-refractivity contribution in [3.63, 3.8) is 0 Å². The fraction of sp³-hybridized carbons (Fsp3) is 0.421. The number of hydrogen-bond donors (Lipinski definition) is 1. The largest absolute Gasteiger partial charge is 0.351 e. The predicted molar refractivity (Wildman–Crippen MR) is 101 cm³/mol. The third kappa shape index (κ3) is 5.53. The van der Waals surface area contributed by atoms with E-state index in [1.165, 1.54) is 5.56 Å². The summed E-state index contributed by atoms with van der Waals surface area (Å²) >= 11 is 0. The zero-order valence-corrected chi connectivity index (χ0v) is 15.5. The molecule has 0 unspecified atom stereocenters. The third-order valence-electron chi connectivity index (χ3n) is 3.81. The number of aromatic nitrogens is 2. The van der Waals surface area contributed by atoms with Gasteiger partial charge >= 0.3 is 0 Å². The van der Waals surface area contributed by atoms with E-state index < -0.39 is 0 Å². The van der Waals surface area contributed by atoms with Gasteiger partial charge in [0.25, 0.3) is 5.91 Å². The molecule has 134 valence electrons. The minimum Gasteiger partial charge on any atom is -0.351 e. The van der Waals surface area contributed by atoms with Gasteiger partial charge in [-0.25, -0.2) is 9.97 Å². The van der Waals surface area contributed by atoms with Crippen LogP contribution in [0.25, 0.3) is 0 Å². The molecule has 1 aromatic carbocycles. The number of carbonyl (C=O) groups is 1. The molecule has 0 aliphatic heterocycles. The molecule has 0 saturated heterocycles. The maximum Gasteiger partial charge on any atom is 0.270 e. The summed E-state index contributed by atoms with van der Waals surface area (Å²) in [5, 5.41) is 2.91. The molecule has 0 saturated carbocycles. The van der Waals surface area contributed by atoms with E-state index in [9.17, 15) is 4.79 Å². The molecule has 1 aromatic heterocycles. The number of hydrogen-bond acceptors (Lipinski definition) is 5. The Hall–Kier alpha value is -2.47. The van der Waals surface area contributed by atoms with E-state index in [-0.39, 0.29) is 5.91 Å². The van der Waals surface area contributed by atoms with Crippen LogP contribution in [-0.4, -0.2) is 54.5 Å². The Labute approximate surface area is 149 Å². The second-order valence-corrected chi connectivity index (χ2v) is 6.24. The van der Waals surface area contributed by atoms with Gasteiger partial charge in [0.15, 0.2) is 0 Å². The van der Waals surface area contributed by atoms with Crippen LogP contribution in [0.5, 0.6) is 0 Å². The predicted octanol–water partition coefficient (Wildman–Crippen LogP) is 2.62. The van der Waals surface area contributed by atoms with E-state index in [4.69, 9.17) is 0 Å². The molecule has 0 fully saturated rings. The quantitative estimate of drug-likeness (QED) is 0.748. The van der Waals surface area contributed by atoms with Crippen LogP contribution in [0, 0.1) is 6.92 Å². The van der Waals surface area contributed by atoms with Crippen molar-refractivity contribution in [3.8, 4) is 0 Å². The summed E-state index contributed by atoms with van der Waals surface area (Å²) in [5.74, 6) is 0.372. The van der Waals surface area contributed by atoms with Crippen molar-refractivity contribution in [3.05, 3.63) is 47.8 Å². The van der Waals surface area contributed by atoms with Gasteiger partial charge in [-0.1, -0.05) is 12.1 Å². The standard InChI is InChI=1S/C19H27N5O/c1-5-24(16-9-6-8-15(2)14-16)19-21-12-10-17(22-19)18(25)20-11-7-13-23(3)4/h6,8-10,12,14H,5,7,11,13H2,1-4H3,(H,20,25). The Morgan fingerprint density at radius 1 is 1.24 bits per heavy atom. The molecule has 0 radical (unpaired) electrons. The lowest BCUT2D eigenvalue weighted by Gasteiger charge is -2.21. The van der Waals surface area contributed by atoms with Crippen molar-refractivity contribution in [2.75, 3.05) is 38.6 Å². The van der Waals surface area contributed by atoms with Crippen LogP contribution in [0.1, 0.15) is 29.4 Å². The first-order valence-corrected chi connectivity index (χ1v) is 8.61. The number of nitrogens with one attached hydrogen (secondary N) is 1. The highest BCUT2D eigenvalue weighted by molar-refractivity contribution is 5.92. The molecule has 25 heavy (non-hydrogen) atoms. The van der Waals surface area contributed by atoms with E-state index in [0.29, 0.717) is 18.2 Å². The molecule has 1 N–H and O–H groups in total. The van der Waals surface area contributed by atoms with Gasteiger partial charge in [0.2, 0.25) is 5.95 Å². The highest BCUT2D eigenvalue weighted by Gasteiger charge is 2.14. The average molecular weight is 341 g/mol. The summed E-state index contributed by atoms with van der Waals surface area (Å²) < 4.78 is 0. The number of aryl methyl sites for hydroxylation is 1. The lowest BCUT2D eigenvalue weighted by atomic mass is 10.2. The molecular weight excluding hydrogens is 314 g/mol. The lowest BCUT2D eigenvalue weighted by Crippen LogP contribution is -2.28. The van der Waals surface area contributed by atoms with E-state index in [1.54, 1.807) is 12.3 Å². The third-order valence-corrected chi connectivity index (χ3v) is 3.81. The van der Waals surface area contributed by atoms with Crippen LogP contribution in [0.4, 0.5) is 11.6 Å². The lowest BCUT2D eigenvalue weighted by molar-refractivity contribution is 0.0947. The van der Waals surface area contributed by atoms with E-state index >= 15 is 0 Å². The number of carbonyl (C=O) groups excluding carboxylic acids is 1. The molecule has 0 aliphatic carbocycles. The van der Waals surface area contributed by atoms with Crippen molar-refractivity contribution in [1.82, 2.24) is 20.2 Å². The second kappa shape index (κ2) is 9.13. The Morgan fingerprint density at radius 2 is 2.04 bits per heavy atom. The number of nitrogens with zero attached hydrogens (tertiary/aromatic N) is 4. The SMILES string of the molecule is CCN(c1cccc(C)c1)c1nccc(C(=O)NCCCN(C)C)n1. The number of anilines is 2. The highest BCUT2D eigenvalue weighted by atomic mass is 16.1. The molecule has 2 aromatic rings. The fourth-order valence-electron chi connectivity index (χ4n) is 2.53. The summed E-state index contributed by atoms with van der Waals surface area (Å²) in [6.07, 6.45) is 2.54. The van der Waals surface area contributed by atoms with E-state index in [2.05, 4.69) is 39.2 Å². The van der Waals surface area contributed by atoms with Crippen molar-refractivity contribution in [2.45, 2.75) is 20.3 Å². The van der Waals surface area contributed by atoms with Crippen LogP contribution in [0.3, 0.4) is 0 Å². The van der Waals surface area contributed by atoms with Crippen LogP contribution >= 0.6 is 0 Å². The fourth-order valence-corrected chi connectivity index (χ4v) is 2.53. The van der Waals surface area contributed by atoms with Gasteiger partial charge in [-0.2, -0.15) is 0 Å². The molecule has 0 aliphatic rings. The summed E-state index contributed by atoms with van der Waals surface area (Å²) in [6.45, 7) is 6.38. The molecular formula is C19H27N5O. The van der Waals surface area contributed by atoms with Crippen molar-refractivity contribution in [2.24, 2.45) is 0 Å². The topological polar surface area (TPSA) is 61.4 Å². The molecule has 1 heterocycles. The first-order valence-electron chi connectivity index (χ1n) is 8.61. The molecule has 1 amide bonds. The van der Waals surface area contributed by atoms with Crippen molar-refractivity contribution >= 4 is 17.5 Å². The second-order valence-electron chi connectivity index (χ2n) is 6.24. The van der Waals surface area contributed by atoms with Gasteiger partial charge in [0, 0.05) is 25.0 Å². The first kappa shape index (κ1) is 18.9. The first-order chi connectivity index (χ1) is 12.0. The summed E-state index contributed by atoms with van der Waals surface area (Å²) in [7, 11) is 4.03. The van der Waals surface area contributed by atoms with Gasteiger partial charge < -0.3 is 15.1 Å². The Kier molecular flexibility index (Phi) is 6.89. The number of rotatable bonds is 8. The minimum atomic E-state index is -0.164. The minimum absolute atomic E-state index is 0.164. The van der Waals surface area contributed by atoms with E-state index in [1.807, 2.05) is 38.1 Å². The van der Waals surface area contributed by atoms with E-state index in [0.717, 1.165) is 25.2 Å². The molecule has 0 atom stereocenters. The summed E-state index contributed by atoms with van der Waals surface area (Å²) in [6, 6.07) is 9.81. The van der Waals surface area contributed by atoms with Gasteiger partial charge in [-0.05, 0) is 64.7 Å². The van der Waals surface area contributed by atoms with Crippen molar-refractivity contribution in [1.29, 1.82) is 0 Å². The highest BCUT2D eigenvalue weighted by Crippen LogP contribution is 2.22. The average Bonchev–Trinajstić information content (AvgIpc) is 2.59. The van der Waals surface area contributed by atoms with Gasteiger partial charge in [-0.3, -0.25) is 4.79 Å². The smallest absolute Gasteiger partial charge is 0.270 e. The maximum absolute atomic E-state index is 12.3. The normalized spacial score (nSPS) is 10.8. The van der Waals surface area contributed by atoms with Crippen LogP contribution in [0.2, 0.25) is 0 Å². The van der Waals surface area contributed by atoms with Crippen LogP contribution in [0.15, 0.2) is 36.5 Å². The number of benzene rings is 1. The summed E-state index contributed by atoms with van der Waals surface area (Å²) in [5.41, 5.74) is 2.58. The molecule has 6 heteroatoms. The Balaban J connectivity index is 2.10. The zero-order valence-electron chi connectivity index (χ0n) is 15.5. The molecule has 0 spiro atoms. The molecule has 2 rings (SSSR count). The Morgan fingerprint density at radius 3 is 2.72 bits per heavy atom.